The van der Waals surface area contributed by atoms with Gasteiger partial charge in [0.2, 0.25) is 42.0 Å². The number of hydrogen-bond acceptors (Lipinski definition) is 24. The molecule has 34 heteroatoms. The molecule has 4 aliphatic heterocycles. The van der Waals surface area contributed by atoms with Gasteiger partial charge < -0.3 is 96.1 Å². The predicted octanol–water partition coefficient (Wildman–Crippen LogP) is -3.59. The number of carbonyl (C=O) groups excluding carboxylic acids is 7. The smallest absolute Gasteiger partial charge is 0.691 e. The van der Waals surface area contributed by atoms with Crippen molar-refractivity contribution < 1.29 is 122 Å². The minimum absolute atomic E-state index is 0. The van der Waals surface area contributed by atoms with Crippen LogP contribution in [-0.2, 0) is 54.9 Å². The summed E-state index contributed by atoms with van der Waals surface area (Å²) in [5, 5.41) is 115. The summed E-state index contributed by atoms with van der Waals surface area (Å²) in [4.78, 5) is 108. The first-order chi connectivity index (χ1) is 45.4. The fraction of sp³-hybridized carbons (Fsp3) is 0.452. The Morgan fingerprint density at radius 1 is 0.812 bits per heavy atom. The van der Waals surface area contributed by atoms with Crippen LogP contribution in [0.1, 0.15) is 61.0 Å². The van der Waals surface area contributed by atoms with E-state index >= 15 is 0 Å². The Labute approximate surface area is 586 Å². The molecule has 0 unspecified atom stereocenters. The van der Waals surface area contributed by atoms with E-state index in [1.54, 1.807) is 19.2 Å². The zero-order valence-electron chi connectivity index (χ0n) is 52.4. The van der Waals surface area contributed by atoms with E-state index in [4.69, 9.17) is 27.1 Å². The zero-order valence-corrected chi connectivity index (χ0v) is 56.7. The number of phenols is 1. The van der Waals surface area contributed by atoms with Crippen LogP contribution in [0.25, 0.3) is 26.0 Å². The van der Waals surface area contributed by atoms with Gasteiger partial charge in [0.15, 0.2) is 17.6 Å². The van der Waals surface area contributed by atoms with Crippen molar-refractivity contribution in [2.45, 2.75) is 124 Å². The molecule has 0 spiro atoms. The molecule has 1 aromatic heterocycles. The van der Waals surface area contributed by atoms with Gasteiger partial charge in [0.1, 0.15) is 46.3 Å². The summed E-state index contributed by atoms with van der Waals surface area (Å²) in [7, 11) is 1.73. The summed E-state index contributed by atoms with van der Waals surface area (Å²) in [6.07, 6.45) is -10.9. The third-order valence-corrected chi connectivity index (χ3v) is 18.9. The number of benzene rings is 4. The number of aliphatic hydroxyl groups excluding tert-OH is 6. The van der Waals surface area contributed by atoms with Crippen LogP contribution in [-0.4, -0.2) is 216 Å². The molecule has 0 aliphatic carbocycles. The van der Waals surface area contributed by atoms with Crippen LogP contribution in [0.4, 0.5) is 5.69 Å². The van der Waals surface area contributed by atoms with Crippen molar-refractivity contribution in [2.75, 3.05) is 51.3 Å². The van der Waals surface area contributed by atoms with Gasteiger partial charge in [-0.05, 0) is 91.6 Å². The number of nitrogens with one attached hydrogen (secondary N) is 5. The number of ether oxygens (including phenoxy) is 1. The number of fused-ring (bicyclic) bond motifs is 2. The average Bonchev–Trinajstić information content (AvgIpc) is 1.32. The number of aliphatic hydroxyl groups is 6. The molecule has 4 saturated heterocycles. The molecule has 12 N–H and O–H groups in total. The van der Waals surface area contributed by atoms with Crippen LogP contribution in [0.3, 0.4) is 0 Å². The molecule has 5 aromatic rings. The van der Waals surface area contributed by atoms with Crippen LogP contribution in [0, 0.1) is 12.5 Å². The molecular formula is C62H71ClN11NaO19S2. The Hall–Kier alpha value is -7.14. The number of rotatable bonds is 17. The van der Waals surface area contributed by atoms with Gasteiger partial charge in [-0.3, -0.25) is 38.6 Å². The molecule has 30 nitrogen and oxygen atoms in total. The summed E-state index contributed by atoms with van der Waals surface area (Å²) in [5.74, 6) is -9.75. The number of hydrogen-bond donors (Lipinski definition) is 12. The van der Waals surface area contributed by atoms with Gasteiger partial charge in [-0.2, -0.15) is 0 Å². The van der Waals surface area contributed by atoms with E-state index in [-0.39, 0.29) is 65.3 Å². The SMILES string of the molecule is [C-]#[N+]C[C@@H](O)[C@@H]1NC(=O)[C@H]([C@H](O)Cc2ccc(O)c(OSOO[O-])c2)NC(=O)[C@@H]2C[C@H](O)CN2C(=O)[C@H]([C@H](C)O)NC(=O)[C@@H](NC(=O)c2ccc(-c3nnc(-c4ccc(N5CCC(OC)(c6ccc(Cl)cc6)CC5)cc4)s3)cc2)C[C@H](O)CNC(=O)[C@@H]2[C@@H](O)[C@H](C)CN2C1=O.[Na+]. The van der Waals surface area contributed by atoms with Crippen LogP contribution in [0.2, 0.25) is 5.02 Å². The molecule has 0 radical (unpaired) electrons. The number of amides is 7. The topological polar surface area (TPSA) is 421 Å². The summed E-state index contributed by atoms with van der Waals surface area (Å²) in [6.45, 7) is 9.12. The molecule has 13 atom stereocenters. The van der Waals surface area contributed by atoms with Crippen molar-refractivity contribution in [3.63, 3.8) is 0 Å². The van der Waals surface area contributed by atoms with Crippen LogP contribution >= 0.6 is 35.3 Å². The Morgan fingerprint density at radius 3 is 2.06 bits per heavy atom. The number of halogens is 1. The number of aromatic nitrogens is 2. The van der Waals surface area contributed by atoms with E-state index in [0.29, 0.717) is 20.6 Å². The maximum Gasteiger partial charge on any atom is 1.00 e. The Bertz CT molecular complexity index is 3610. The van der Waals surface area contributed by atoms with Gasteiger partial charge in [0.25, 0.3) is 18.2 Å². The molecule has 0 saturated carbocycles. The third-order valence-electron chi connectivity index (χ3n) is 17.3. The van der Waals surface area contributed by atoms with Crippen molar-refractivity contribution in [3.05, 3.63) is 124 Å². The minimum Gasteiger partial charge on any atom is -0.691 e. The van der Waals surface area contributed by atoms with Gasteiger partial charge >= 0.3 is 29.6 Å². The van der Waals surface area contributed by atoms with Gasteiger partial charge in [-0.1, -0.05) is 60.2 Å². The molecule has 4 aliphatic rings. The van der Waals surface area contributed by atoms with E-state index in [9.17, 15) is 74.6 Å². The summed E-state index contributed by atoms with van der Waals surface area (Å²) in [5.41, 5.74) is 3.19. The summed E-state index contributed by atoms with van der Waals surface area (Å²) >= 11 is 7.47. The summed E-state index contributed by atoms with van der Waals surface area (Å²) < 4.78 is 15.2. The summed E-state index contributed by atoms with van der Waals surface area (Å²) in [6, 6.07) is 13.8. The number of nitrogens with zero attached hydrogens (tertiary/aromatic N) is 6. The number of anilines is 1. The number of piperidine rings is 1. The second kappa shape index (κ2) is 33.4. The van der Waals surface area contributed by atoms with Gasteiger partial charge in [0, 0.05) is 92.4 Å². The maximum atomic E-state index is 14.7. The number of phenolic OH excluding ortho intramolecular Hbond substituents is 1. The quantitative estimate of drug-likeness (QED) is 0.0107. The monoisotopic (exact) mass is 1400 g/mol. The first-order valence-electron chi connectivity index (χ1n) is 30.2. The normalized spacial score (nSPS) is 25.5. The van der Waals surface area contributed by atoms with Crippen molar-refractivity contribution in [3.8, 4) is 32.6 Å². The van der Waals surface area contributed by atoms with E-state index in [2.05, 4.69) is 55.9 Å². The van der Waals surface area contributed by atoms with Crippen molar-refractivity contribution in [1.29, 1.82) is 0 Å². The van der Waals surface area contributed by atoms with Crippen molar-refractivity contribution in [2.24, 2.45) is 5.92 Å². The molecular weight excluding hydrogens is 1330 g/mol. The number of aromatic hydroxyl groups is 1. The fourth-order valence-corrected chi connectivity index (χ4v) is 13.3. The maximum absolute atomic E-state index is 14.7. The van der Waals surface area contributed by atoms with Gasteiger partial charge in [0.05, 0.1) is 36.1 Å². The Kier molecular flexibility index (Phi) is 26.0. The molecule has 4 fully saturated rings. The first kappa shape index (κ1) is 74.6. The largest absolute Gasteiger partial charge is 1.00 e. The minimum atomic E-state index is -2.16. The number of carbonyl (C=O) groups is 7. The second-order valence-corrected chi connectivity index (χ2v) is 25.5. The Balaban J connectivity index is 0.0000118. The van der Waals surface area contributed by atoms with Gasteiger partial charge in [-0.25, -0.2) is 6.57 Å². The van der Waals surface area contributed by atoms with Crippen molar-refractivity contribution in [1.82, 2.24) is 46.6 Å². The number of β-amino-alcohol motifs (C(OH)–C–C–N with tert-alkyl or cyclic N) is 1. The van der Waals surface area contributed by atoms with E-state index in [1.807, 2.05) is 48.5 Å². The van der Waals surface area contributed by atoms with Crippen LogP contribution in [0.15, 0.2) is 91.0 Å². The Morgan fingerprint density at radius 2 is 1.44 bits per heavy atom. The van der Waals surface area contributed by atoms with E-state index < -0.39 is 170 Å². The molecule has 7 amide bonds. The number of methoxy groups -OCH3 is 1. The second-order valence-electron chi connectivity index (χ2n) is 23.7. The van der Waals surface area contributed by atoms with Gasteiger partial charge in [-0.15, -0.1) is 14.5 Å². The molecule has 4 aromatic carbocycles. The zero-order chi connectivity index (χ0) is 68.4. The molecule has 508 valence electrons. The van der Waals surface area contributed by atoms with Crippen molar-refractivity contribution >= 4 is 82.3 Å². The first-order valence-corrected chi connectivity index (χ1v) is 32.0. The van der Waals surface area contributed by atoms with Crippen LogP contribution in [0.5, 0.6) is 11.5 Å². The molecule has 5 heterocycles. The van der Waals surface area contributed by atoms with E-state index in [0.717, 1.165) is 71.6 Å². The molecule has 96 heavy (non-hydrogen) atoms. The average molecular weight is 1400 g/mol. The molecule has 0 bridgehead atoms. The third kappa shape index (κ3) is 17.6. The van der Waals surface area contributed by atoms with Crippen LogP contribution < -0.4 is 70.5 Å². The van der Waals surface area contributed by atoms with E-state index in [1.165, 1.54) is 36.5 Å². The molecule has 9 rings (SSSR count). The standard InChI is InChI=1S/C62H72ClN11O19S2.Na/c1-31-29-74-51(52(31)81)57(86)65-27-40(76)25-42(66-53(82)34-6-8-35(9-7-34)58-70-71-59(94-58)36-10-16-39(17-11-36)72-21-19-62(90-4,20-22-72)37-12-14-38(63)15-13-37)54(83)67-48(32(2)75)60(87)73-30-41(77)26-43(73)55(84)68-49(56(85)69-50(61(74)88)46(80)28-64-3)45(79)23-33-5-18-44(78)47(24-33)91-95-93-92-89;/h5-18,24,31-32,40-43,45-46,48-52,75-81,89H,19-23,25-30H2,1-2,4H3,(H,65,86)(H,66,82)(H,67,83)(H,68,84)(H,69,85);/q;+1/p-1/t31-,32+,40+,41+,42+,43+,45-,46-,48+,49+,50+,51+,52+;/m1./s1. The predicted molar refractivity (Wildman–Crippen MR) is 337 cm³/mol. The fourth-order valence-electron chi connectivity index (χ4n) is 12.1.